The number of hydrogen-bond donors (Lipinski definition) is 1. The molecule has 0 aliphatic carbocycles. The summed E-state index contributed by atoms with van der Waals surface area (Å²) in [6.45, 7) is 3.31. The minimum absolute atomic E-state index is 0.763. The first-order valence-electron chi connectivity index (χ1n) is 6.99. The van der Waals surface area contributed by atoms with E-state index in [0.717, 1.165) is 54.5 Å². The van der Waals surface area contributed by atoms with E-state index in [1.54, 1.807) is 6.20 Å². The summed E-state index contributed by atoms with van der Waals surface area (Å²) < 4.78 is 5.36. The molecular formula is C15H15N5O. The Morgan fingerprint density at radius 2 is 1.95 bits per heavy atom. The van der Waals surface area contributed by atoms with Gasteiger partial charge in [-0.15, -0.1) is 0 Å². The zero-order chi connectivity index (χ0) is 14.1. The van der Waals surface area contributed by atoms with Gasteiger partial charge in [0.1, 0.15) is 11.3 Å². The molecule has 0 atom stereocenters. The van der Waals surface area contributed by atoms with Crippen LogP contribution in [-0.4, -0.2) is 46.2 Å². The number of nitrogens with one attached hydrogen (secondary N) is 1. The predicted molar refractivity (Wildman–Crippen MR) is 80.2 cm³/mol. The number of rotatable bonds is 2. The third-order valence-electron chi connectivity index (χ3n) is 3.64. The fourth-order valence-electron chi connectivity index (χ4n) is 2.49. The Bertz CT molecular complexity index is 746. The van der Waals surface area contributed by atoms with Crippen molar-refractivity contribution < 1.29 is 4.74 Å². The lowest BCUT2D eigenvalue weighted by Gasteiger charge is -2.27. The molecule has 6 nitrogen and oxygen atoms in total. The lowest BCUT2D eigenvalue weighted by molar-refractivity contribution is 0.122. The van der Waals surface area contributed by atoms with Crippen LogP contribution in [0.25, 0.3) is 22.4 Å². The van der Waals surface area contributed by atoms with Gasteiger partial charge in [-0.2, -0.15) is 0 Å². The minimum Gasteiger partial charge on any atom is -0.378 e. The van der Waals surface area contributed by atoms with Crippen molar-refractivity contribution in [2.24, 2.45) is 0 Å². The van der Waals surface area contributed by atoms with Gasteiger partial charge in [0, 0.05) is 31.0 Å². The highest BCUT2D eigenvalue weighted by Gasteiger charge is 2.12. The molecule has 1 N–H and O–H groups in total. The SMILES string of the molecule is c1cc2nc(-c3ccc(N4CCOCC4)nc3)cnc2[nH]1. The second-order valence-corrected chi connectivity index (χ2v) is 4.97. The van der Waals surface area contributed by atoms with Gasteiger partial charge in [0.05, 0.1) is 25.1 Å². The van der Waals surface area contributed by atoms with Crippen LogP contribution in [0.5, 0.6) is 0 Å². The molecule has 1 aliphatic rings. The molecule has 4 heterocycles. The van der Waals surface area contributed by atoms with Crippen LogP contribution in [0, 0.1) is 0 Å². The molecule has 0 spiro atoms. The van der Waals surface area contributed by atoms with Crippen LogP contribution < -0.4 is 4.90 Å². The van der Waals surface area contributed by atoms with Crippen LogP contribution in [0.15, 0.2) is 36.8 Å². The van der Waals surface area contributed by atoms with Crippen LogP contribution in [-0.2, 0) is 4.74 Å². The zero-order valence-electron chi connectivity index (χ0n) is 11.5. The van der Waals surface area contributed by atoms with Gasteiger partial charge in [-0.05, 0) is 18.2 Å². The summed E-state index contributed by atoms with van der Waals surface area (Å²) >= 11 is 0. The number of fused-ring (bicyclic) bond motifs is 1. The Labute approximate surface area is 121 Å². The summed E-state index contributed by atoms with van der Waals surface area (Å²) in [6, 6.07) is 5.99. The van der Waals surface area contributed by atoms with Crippen LogP contribution in [0.1, 0.15) is 0 Å². The van der Waals surface area contributed by atoms with Gasteiger partial charge in [-0.3, -0.25) is 0 Å². The van der Waals surface area contributed by atoms with Crippen molar-refractivity contribution in [3.05, 3.63) is 36.8 Å². The topological polar surface area (TPSA) is 66.9 Å². The predicted octanol–water partition coefficient (Wildman–Crippen LogP) is 1.86. The Kier molecular flexibility index (Phi) is 3.01. The Balaban J connectivity index is 1.62. The summed E-state index contributed by atoms with van der Waals surface area (Å²) in [5, 5.41) is 0. The second-order valence-electron chi connectivity index (χ2n) is 4.97. The van der Waals surface area contributed by atoms with Gasteiger partial charge in [0.15, 0.2) is 5.65 Å². The van der Waals surface area contributed by atoms with Crippen LogP contribution in [0.4, 0.5) is 5.82 Å². The Hall–Kier alpha value is -2.47. The number of aromatic nitrogens is 4. The number of ether oxygens (including phenoxy) is 1. The number of morpholine rings is 1. The van der Waals surface area contributed by atoms with E-state index in [1.807, 2.05) is 30.6 Å². The summed E-state index contributed by atoms with van der Waals surface area (Å²) in [4.78, 5) is 18.8. The highest BCUT2D eigenvalue weighted by molar-refractivity contribution is 5.74. The molecule has 21 heavy (non-hydrogen) atoms. The molecule has 1 fully saturated rings. The maximum atomic E-state index is 5.36. The van der Waals surface area contributed by atoms with Crippen LogP contribution >= 0.6 is 0 Å². The Morgan fingerprint density at radius 3 is 2.76 bits per heavy atom. The summed E-state index contributed by atoms with van der Waals surface area (Å²) in [7, 11) is 0. The third-order valence-corrected chi connectivity index (χ3v) is 3.64. The van der Waals surface area contributed by atoms with Crippen molar-refractivity contribution in [1.29, 1.82) is 0 Å². The molecule has 1 saturated heterocycles. The standard InChI is InChI=1S/C15H15N5O/c1-2-14(20-5-7-21-8-6-20)17-9-11(1)13-10-18-15-12(19-13)3-4-16-15/h1-4,9-10H,5-8H2,(H,16,18). The maximum Gasteiger partial charge on any atom is 0.156 e. The van der Waals surface area contributed by atoms with E-state index in [0.29, 0.717) is 0 Å². The first-order valence-corrected chi connectivity index (χ1v) is 6.99. The van der Waals surface area contributed by atoms with E-state index in [-0.39, 0.29) is 0 Å². The van der Waals surface area contributed by atoms with E-state index in [9.17, 15) is 0 Å². The molecule has 3 aromatic rings. The minimum atomic E-state index is 0.763. The third kappa shape index (κ3) is 2.34. The molecule has 4 rings (SSSR count). The molecule has 0 bridgehead atoms. The average molecular weight is 281 g/mol. The molecule has 1 aliphatic heterocycles. The van der Waals surface area contributed by atoms with Gasteiger partial charge in [-0.1, -0.05) is 0 Å². The molecule has 0 aromatic carbocycles. The van der Waals surface area contributed by atoms with Gasteiger partial charge >= 0.3 is 0 Å². The van der Waals surface area contributed by atoms with Crippen molar-refractivity contribution in [3.63, 3.8) is 0 Å². The van der Waals surface area contributed by atoms with E-state index in [4.69, 9.17) is 4.74 Å². The van der Waals surface area contributed by atoms with Crippen molar-refractivity contribution in [2.45, 2.75) is 0 Å². The highest BCUT2D eigenvalue weighted by Crippen LogP contribution is 2.20. The van der Waals surface area contributed by atoms with Gasteiger partial charge in [0.2, 0.25) is 0 Å². The number of pyridine rings is 1. The fraction of sp³-hybridized carbons (Fsp3) is 0.267. The first-order chi connectivity index (χ1) is 10.4. The molecular weight excluding hydrogens is 266 g/mol. The summed E-state index contributed by atoms with van der Waals surface area (Å²) in [5.41, 5.74) is 3.48. The highest BCUT2D eigenvalue weighted by atomic mass is 16.5. The van der Waals surface area contributed by atoms with Crippen molar-refractivity contribution in [3.8, 4) is 11.3 Å². The zero-order valence-corrected chi connectivity index (χ0v) is 11.5. The smallest absolute Gasteiger partial charge is 0.156 e. The first kappa shape index (κ1) is 12.3. The van der Waals surface area contributed by atoms with E-state index < -0.39 is 0 Å². The molecule has 0 amide bonds. The lowest BCUT2D eigenvalue weighted by atomic mass is 10.2. The number of aromatic amines is 1. The van der Waals surface area contributed by atoms with Gasteiger partial charge in [-0.25, -0.2) is 15.0 Å². The molecule has 0 unspecified atom stereocenters. The van der Waals surface area contributed by atoms with Crippen LogP contribution in [0.2, 0.25) is 0 Å². The lowest BCUT2D eigenvalue weighted by Crippen LogP contribution is -2.36. The number of H-pyrrole nitrogens is 1. The monoisotopic (exact) mass is 281 g/mol. The number of nitrogens with zero attached hydrogens (tertiary/aromatic N) is 4. The summed E-state index contributed by atoms with van der Waals surface area (Å²) in [5.74, 6) is 0.984. The second kappa shape index (κ2) is 5.14. The van der Waals surface area contributed by atoms with Crippen molar-refractivity contribution >= 4 is 17.0 Å². The quantitative estimate of drug-likeness (QED) is 0.776. The van der Waals surface area contributed by atoms with Crippen molar-refractivity contribution in [1.82, 2.24) is 19.9 Å². The van der Waals surface area contributed by atoms with Crippen molar-refractivity contribution in [2.75, 3.05) is 31.2 Å². The fourth-order valence-corrected chi connectivity index (χ4v) is 2.49. The average Bonchev–Trinajstić information content (AvgIpc) is 3.03. The van der Waals surface area contributed by atoms with Crippen LogP contribution in [0.3, 0.4) is 0 Å². The molecule has 0 saturated carbocycles. The van der Waals surface area contributed by atoms with E-state index >= 15 is 0 Å². The molecule has 3 aromatic heterocycles. The normalized spacial score (nSPS) is 15.5. The van der Waals surface area contributed by atoms with Gasteiger partial charge in [0.25, 0.3) is 0 Å². The largest absolute Gasteiger partial charge is 0.378 e. The number of anilines is 1. The van der Waals surface area contributed by atoms with E-state index in [2.05, 4.69) is 24.8 Å². The molecule has 106 valence electrons. The Morgan fingerprint density at radius 1 is 1.05 bits per heavy atom. The van der Waals surface area contributed by atoms with E-state index in [1.165, 1.54) is 0 Å². The maximum absolute atomic E-state index is 5.36. The molecule has 0 radical (unpaired) electrons. The number of hydrogen-bond acceptors (Lipinski definition) is 5. The van der Waals surface area contributed by atoms with Gasteiger partial charge < -0.3 is 14.6 Å². The summed E-state index contributed by atoms with van der Waals surface area (Å²) in [6.07, 6.45) is 5.46. The molecule has 6 heteroatoms.